The molecule has 4 rings (SSSR count). The maximum atomic E-state index is 13.6. The van der Waals surface area contributed by atoms with E-state index in [2.05, 4.69) is 20.7 Å². The van der Waals surface area contributed by atoms with Gasteiger partial charge in [0.2, 0.25) is 5.91 Å². The summed E-state index contributed by atoms with van der Waals surface area (Å²) in [5.41, 5.74) is 0.0528. The third kappa shape index (κ3) is 3.95. The molecule has 0 fully saturated rings. The first-order chi connectivity index (χ1) is 14.0. The van der Waals surface area contributed by atoms with Crippen molar-refractivity contribution >= 4 is 28.9 Å². The van der Waals surface area contributed by atoms with Crippen LogP contribution in [0.4, 0.5) is 26.0 Å². The van der Waals surface area contributed by atoms with Crippen LogP contribution in [0.25, 0.3) is 5.78 Å². The van der Waals surface area contributed by atoms with Crippen LogP contribution in [-0.2, 0) is 11.3 Å². The summed E-state index contributed by atoms with van der Waals surface area (Å²) in [5, 5.41) is 9.39. The fraction of sp³-hybridized carbons (Fsp3) is 0.0526. The van der Waals surface area contributed by atoms with Gasteiger partial charge in [-0.2, -0.15) is 4.98 Å². The molecule has 2 aromatic heterocycles. The number of carbonyl (C=O) groups is 1. The van der Waals surface area contributed by atoms with Crippen molar-refractivity contribution in [2.45, 2.75) is 6.54 Å². The maximum absolute atomic E-state index is 13.6. The van der Waals surface area contributed by atoms with Crippen molar-refractivity contribution in [3.05, 3.63) is 82.9 Å². The smallest absolute Gasteiger partial charge is 0.340 e. The molecule has 10 heteroatoms. The Morgan fingerprint density at radius 1 is 1.03 bits per heavy atom. The molecular weight excluding hydrogens is 382 g/mol. The Labute approximate surface area is 162 Å². The van der Waals surface area contributed by atoms with Crippen LogP contribution in [0.2, 0.25) is 0 Å². The molecule has 0 unspecified atom stereocenters. The second-order valence-corrected chi connectivity index (χ2v) is 6.08. The summed E-state index contributed by atoms with van der Waals surface area (Å²) in [4.78, 5) is 28.8. The zero-order chi connectivity index (χ0) is 20.4. The summed E-state index contributed by atoms with van der Waals surface area (Å²) >= 11 is 0. The number of carbonyl (C=O) groups excluding carboxylic acids is 1. The predicted octanol–water partition coefficient (Wildman–Crippen LogP) is 2.55. The molecule has 0 spiro atoms. The fourth-order valence-corrected chi connectivity index (χ4v) is 2.65. The van der Waals surface area contributed by atoms with Gasteiger partial charge in [0.1, 0.15) is 24.0 Å². The second-order valence-electron chi connectivity index (χ2n) is 6.08. The summed E-state index contributed by atoms with van der Waals surface area (Å²) in [6.07, 6.45) is 1.45. The Hall–Kier alpha value is -4.08. The monoisotopic (exact) mass is 396 g/mol. The van der Waals surface area contributed by atoms with Gasteiger partial charge in [-0.3, -0.25) is 4.79 Å². The van der Waals surface area contributed by atoms with Crippen LogP contribution in [-0.4, -0.2) is 25.1 Å². The number of nitrogens with one attached hydrogen (secondary N) is 2. The molecule has 2 N–H and O–H groups in total. The van der Waals surface area contributed by atoms with Crippen molar-refractivity contribution in [2.75, 3.05) is 10.6 Å². The van der Waals surface area contributed by atoms with Gasteiger partial charge in [0.15, 0.2) is 0 Å². The number of benzene rings is 2. The molecule has 4 aromatic rings. The zero-order valence-corrected chi connectivity index (χ0v) is 14.8. The lowest BCUT2D eigenvalue weighted by Gasteiger charge is -2.05. The maximum Gasteiger partial charge on any atom is 0.352 e. The first-order valence-corrected chi connectivity index (χ1v) is 8.53. The lowest BCUT2D eigenvalue weighted by atomic mass is 10.3. The van der Waals surface area contributed by atoms with Gasteiger partial charge in [0, 0.05) is 11.9 Å². The molecule has 0 bridgehead atoms. The fourth-order valence-electron chi connectivity index (χ4n) is 2.65. The summed E-state index contributed by atoms with van der Waals surface area (Å²) < 4.78 is 28.7. The SMILES string of the molecule is O=C(Cn1nc2nc(Nc3ccc(F)cc3)ccn2c1=O)Nc1ccccc1F. The van der Waals surface area contributed by atoms with Crippen LogP contribution in [0.1, 0.15) is 0 Å². The molecule has 0 radical (unpaired) electrons. The number of rotatable bonds is 5. The van der Waals surface area contributed by atoms with Crippen LogP contribution >= 0.6 is 0 Å². The molecule has 1 amide bonds. The quantitative estimate of drug-likeness (QED) is 0.541. The normalized spacial score (nSPS) is 10.8. The van der Waals surface area contributed by atoms with Gasteiger partial charge in [-0.25, -0.2) is 22.7 Å². The van der Waals surface area contributed by atoms with E-state index in [1.165, 1.54) is 40.9 Å². The van der Waals surface area contributed by atoms with Gasteiger partial charge in [0.25, 0.3) is 5.78 Å². The topological polar surface area (TPSA) is 93.3 Å². The van der Waals surface area contributed by atoms with Gasteiger partial charge >= 0.3 is 5.69 Å². The summed E-state index contributed by atoms with van der Waals surface area (Å²) in [6.45, 7) is -0.406. The number of amides is 1. The zero-order valence-electron chi connectivity index (χ0n) is 14.8. The molecule has 146 valence electrons. The lowest BCUT2D eigenvalue weighted by molar-refractivity contribution is -0.117. The highest BCUT2D eigenvalue weighted by atomic mass is 19.1. The van der Waals surface area contributed by atoms with Crippen LogP contribution in [0.15, 0.2) is 65.6 Å². The standard InChI is InChI=1S/C19H14F2N6O2/c20-12-5-7-13(8-6-12)22-16-9-10-26-18(24-16)25-27(19(26)29)11-17(28)23-15-4-2-1-3-14(15)21/h1-10H,11H2,(H,23,28)(H,22,24,25). The number of para-hydroxylation sites is 1. The molecular formula is C19H14F2N6O2. The van der Waals surface area contributed by atoms with Crippen molar-refractivity contribution in [1.82, 2.24) is 19.2 Å². The van der Waals surface area contributed by atoms with E-state index in [0.29, 0.717) is 11.5 Å². The van der Waals surface area contributed by atoms with E-state index in [9.17, 15) is 18.4 Å². The molecule has 0 aliphatic heterocycles. The molecule has 0 saturated carbocycles. The van der Waals surface area contributed by atoms with E-state index in [1.807, 2.05) is 0 Å². The van der Waals surface area contributed by atoms with Crippen molar-refractivity contribution in [3.63, 3.8) is 0 Å². The van der Waals surface area contributed by atoms with Gasteiger partial charge in [-0.15, -0.1) is 5.10 Å². The molecule has 2 aromatic carbocycles. The number of hydrogen-bond donors (Lipinski definition) is 2. The van der Waals surface area contributed by atoms with Gasteiger partial charge in [-0.1, -0.05) is 12.1 Å². The van der Waals surface area contributed by atoms with E-state index in [1.54, 1.807) is 24.3 Å². The Kier molecular flexibility index (Phi) is 4.73. The van der Waals surface area contributed by atoms with E-state index in [4.69, 9.17) is 0 Å². The minimum Gasteiger partial charge on any atom is -0.340 e. The van der Waals surface area contributed by atoms with Crippen molar-refractivity contribution in [1.29, 1.82) is 0 Å². The number of nitrogens with zero attached hydrogens (tertiary/aromatic N) is 4. The average molecular weight is 396 g/mol. The van der Waals surface area contributed by atoms with E-state index < -0.39 is 24.0 Å². The largest absolute Gasteiger partial charge is 0.352 e. The third-order valence-electron chi connectivity index (χ3n) is 4.01. The minimum absolute atomic E-state index is 0.0122. The minimum atomic E-state index is -0.606. The van der Waals surface area contributed by atoms with Crippen molar-refractivity contribution in [3.8, 4) is 0 Å². The Balaban J connectivity index is 1.54. The molecule has 8 nitrogen and oxygen atoms in total. The first kappa shape index (κ1) is 18.3. The first-order valence-electron chi connectivity index (χ1n) is 8.53. The number of hydrogen-bond acceptors (Lipinski definition) is 5. The van der Waals surface area contributed by atoms with Gasteiger partial charge in [0.05, 0.1) is 5.69 Å². The molecule has 0 atom stereocenters. The number of aromatic nitrogens is 4. The highest BCUT2D eigenvalue weighted by Crippen LogP contribution is 2.15. The summed E-state index contributed by atoms with van der Waals surface area (Å²) in [6, 6.07) is 12.9. The number of anilines is 3. The van der Waals surface area contributed by atoms with Crippen LogP contribution in [0, 0.1) is 11.6 Å². The predicted molar refractivity (Wildman–Crippen MR) is 102 cm³/mol. The van der Waals surface area contributed by atoms with E-state index in [0.717, 1.165) is 4.68 Å². The van der Waals surface area contributed by atoms with Gasteiger partial charge < -0.3 is 10.6 Å². The van der Waals surface area contributed by atoms with Crippen LogP contribution < -0.4 is 16.3 Å². The van der Waals surface area contributed by atoms with E-state index >= 15 is 0 Å². The molecule has 0 saturated heterocycles. The molecule has 2 heterocycles. The number of halogens is 2. The lowest BCUT2D eigenvalue weighted by Crippen LogP contribution is -2.28. The second kappa shape index (κ2) is 7.50. The Morgan fingerprint density at radius 2 is 1.79 bits per heavy atom. The highest BCUT2D eigenvalue weighted by molar-refractivity contribution is 5.90. The number of fused-ring (bicyclic) bond motifs is 1. The van der Waals surface area contributed by atoms with Gasteiger partial charge in [-0.05, 0) is 42.5 Å². The summed E-state index contributed by atoms with van der Waals surface area (Å²) in [7, 11) is 0. The Bertz CT molecular complexity index is 1250. The highest BCUT2D eigenvalue weighted by Gasteiger charge is 2.13. The van der Waals surface area contributed by atoms with Crippen molar-refractivity contribution < 1.29 is 13.6 Å². The Morgan fingerprint density at radius 3 is 2.55 bits per heavy atom. The van der Waals surface area contributed by atoms with E-state index in [-0.39, 0.29) is 17.3 Å². The van der Waals surface area contributed by atoms with Crippen molar-refractivity contribution in [2.24, 2.45) is 0 Å². The molecule has 29 heavy (non-hydrogen) atoms. The summed E-state index contributed by atoms with van der Waals surface area (Å²) in [5.74, 6) is -1.09. The average Bonchev–Trinajstić information content (AvgIpc) is 3.00. The van der Waals surface area contributed by atoms with Crippen LogP contribution in [0.5, 0.6) is 0 Å². The third-order valence-corrected chi connectivity index (χ3v) is 4.01. The molecule has 0 aliphatic carbocycles. The molecule has 0 aliphatic rings. The van der Waals surface area contributed by atoms with Crippen LogP contribution in [0.3, 0.4) is 0 Å².